The van der Waals surface area contributed by atoms with Crippen molar-refractivity contribution in [1.82, 2.24) is 0 Å². The van der Waals surface area contributed by atoms with Gasteiger partial charge in [0.1, 0.15) is 5.82 Å². The molecule has 6 nitrogen and oxygen atoms in total. The highest BCUT2D eigenvalue weighted by Gasteiger charge is 2.17. The van der Waals surface area contributed by atoms with Crippen LogP contribution >= 0.6 is 0 Å². The van der Waals surface area contributed by atoms with Crippen molar-refractivity contribution in [2.75, 3.05) is 5.32 Å². The molecule has 1 aromatic heterocycles. The number of nitrogens with one attached hydrogen (secondary N) is 1. The number of hydrogen-bond acceptors (Lipinski definition) is 4. The Morgan fingerprint density at radius 2 is 1.89 bits per heavy atom. The maximum Gasteiger partial charge on any atom is 0.304 e. The van der Waals surface area contributed by atoms with Gasteiger partial charge in [-0.1, -0.05) is 0 Å². The van der Waals surface area contributed by atoms with E-state index in [0.29, 0.717) is 10.4 Å². The second-order valence-electron chi connectivity index (χ2n) is 3.49. The first kappa shape index (κ1) is 11.8. The summed E-state index contributed by atoms with van der Waals surface area (Å²) in [5.41, 5.74) is 0.265. The van der Waals surface area contributed by atoms with E-state index in [1.54, 1.807) is 0 Å². The first-order valence-corrected chi connectivity index (χ1v) is 4.96. The molecule has 0 radical (unpaired) electrons. The normalized spacial score (nSPS) is 10.1. The number of benzene rings is 1. The molecule has 7 heteroatoms. The predicted molar refractivity (Wildman–Crippen MR) is 61.7 cm³/mol. The monoisotopic (exact) mass is 249 g/mol. The van der Waals surface area contributed by atoms with Gasteiger partial charge in [-0.2, -0.15) is 4.73 Å². The summed E-state index contributed by atoms with van der Waals surface area (Å²) >= 11 is 0. The van der Waals surface area contributed by atoms with E-state index in [9.17, 15) is 19.7 Å². The fourth-order valence-electron chi connectivity index (χ4n) is 1.41. The number of anilines is 2. The maximum atomic E-state index is 12.7. The van der Waals surface area contributed by atoms with Gasteiger partial charge in [-0.15, -0.1) is 0 Å². The largest absolute Gasteiger partial charge is 0.619 e. The molecule has 1 aromatic carbocycles. The van der Waals surface area contributed by atoms with Crippen LogP contribution in [0.3, 0.4) is 0 Å². The van der Waals surface area contributed by atoms with Gasteiger partial charge >= 0.3 is 5.69 Å². The molecule has 0 atom stereocenters. The van der Waals surface area contributed by atoms with Gasteiger partial charge in [-0.25, -0.2) is 4.39 Å². The molecule has 2 aromatic rings. The van der Waals surface area contributed by atoms with Crippen molar-refractivity contribution in [3.05, 3.63) is 63.9 Å². The molecule has 0 unspecified atom stereocenters. The number of nitro groups is 1. The SMILES string of the molecule is O=[N+]([O-])c1cc[n+]([O-])cc1Nc1ccc(F)cc1. The minimum Gasteiger partial charge on any atom is -0.619 e. The molecule has 0 aliphatic heterocycles. The second kappa shape index (κ2) is 4.66. The van der Waals surface area contributed by atoms with Crippen molar-refractivity contribution in [1.29, 1.82) is 0 Å². The summed E-state index contributed by atoms with van der Waals surface area (Å²) < 4.78 is 13.2. The number of pyridine rings is 1. The van der Waals surface area contributed by atoms with Crippen LogP contribution in [0.4, 0.5) is 21.5 Å². The smallest absolute Gasteiger partial charge is 0.304 e. The molecule has 1 N–H and O–H groups in total. The van der Waals surface area contributed by atoms with Crippen molar-refractivity contribution in [2.45, 2.75) is 0 Å². The van der Waals surface area contributed by atoms with E-state index in [4.69, 9.17) is 0 Å². The standard InChI is InChI=1S/C11H8FN3O3/c12-8-1-3-9(4-2-8)13-10-7-14(16)6-5-11(10)15(17)18/h1-7,13H. The Labute approximate surface area is 101 Å². The number of aromatic nitrogens is 1. The molecule has 0 saturated carbocycles. The third-order valence-corrected chi connectivity index (χ3v) is 2.23. The third-order valence-electron chi connectivity index (χ3n) is 2.23. The summed E-state index contributed by atoms with van der Waals surface area (Å²) in [5.74, 6) is -0.415. The van der Waals surface area contributed by atoms with Crippen molar-refractivity contribution in [2.24, 2.45) is 0 Å². The molecule has 1 heterocycles. The lowest BCUT2D eigenvalue weighted by Crippen LogP contribution is -2.25. The lowest BCUT2D eigenvalue weighted by Gasteiger charge is -2.06. The van der Waals surface area contributed by atoms with Crippen molar-refractivity contribution in [3.8, 4) is 0 Å². The van der Waals surface area contributed by atoms with Gasteiger partial charge in [0.05, 0.1) is 11.0 Å². The van der Waals surface area contributed by atoms with Gasteiger partial charge in [0.2, 0.25) is 6.20 Å². The van der Waals surface area contributed by atoms with Crippen LogP contribution in [0.2, 0.25) is 0 Å². The van der Waals surface area contributed by atoms with Crippen LogP contribution in [0.25, 0.3) is 0 Å². The number of rotatable bonds is 3. The molecular weight excluding hydrogens is 241 g/mol. The van der Waals surface area contributed by atoms with Gasteiger partial charge in [-0.3, -0.25) is 10.1 Å². The molecule has 18 heavy (non-hydrogen) atoms. The molecular formula is C11H8FN3O3. The Morgan fingerprint density at radius 3 is 2.50 bits per heavy atom. The van der Waals surface area contributed by atoms with Crippen molar-refractivity contribution in [3.63, 3.8) is 0 Å². The number of halogens is 1. The molecule has 2 rings (SSSR count). The Bertz CT molecular complexity index is 587. The number of nitrogens with zero attached hydrogens (tertiary/aromatic N) is 2. The Hall–Kier alpha value is -2.70. The van der Waals surface area contributed by atoms with Crippen LogP contribution in [0.1, 0.15) is 0 Å². The first-order valence-electron chi connectivity index (χ1n) is 4.96. The fourth-order valence-corrected chi connectivity index (χ4v) is 1.41. The quantitative estimate of drug-likeness (QED) is 0.391. The summed E-state index contributed by atoms with van der Waals surface area (Å²) in [6, 6.07) is 6.35. The zero-order valence-corrected chi connectivity index (χ0v) is 9.04. The molecule has 0 fully saturated rings. The summed E-state index contributed by atoms with van der Waals surface area (Å²) in [5, 5.41) is 24.6. The van der Waals surface area contributed by atoms with Gasteiger partial charge in [-0.05, 0) is 24.3 Å². The average Bonchev–Trinajstić information content (AvgIpc) is 2.32. The zero-order valence-electron chi connectivity index (χ0n) is 9.04. The molecule has 0 aliphatic rings. The van der Waals surface area contributed by atoms with Crippen LogP contribution in [-0.4, -0.2) is 4.92 Å². The van der Waals surface area contributed by atoms with Crippen LogP contribution in [0.15, 0.2) is 42.7 Å². The van der Waals surface area contributed by atoms with Crippen LogP contribution in [0.5, 0.6) is 0 Å². The Kier molecular flexibility index (Phi) is 3.05. The molecule has 0 bridgehead atoms. The van der Waals surface area contributed by atoms with E-state index in [1.165, 1.54) is 24.3 Å². The van der Waals surface area contributed by atoms with Gasteiger partial charge < -0.3 is 10.5 Å². The molecule has 0 spiro atoms. The summed E-state index contributed by atoms with van der Waals surface area (Å²) in [4.78, 5) is 10.2. The van der Waals surface area contributed by atoms with Gasteiger partial charge in [0.15, 0.2) is 11.9 Å². The highest BCUT2D eigenvalue weighted by molar-refractivity contribution is 5.67. The highest BCUT2D eigenvalue weighted by atomic mass is 19.1. The van der Waals surface area contributed by atoms with Crippen molar-refractivity contribution >= 4 is 17.1 Å². The van der Waals surface area contributed by atoms with E-state index in [1.807, 2.05) is 0 Å². The number of hydrogen-bond donors (Lipinski definition) is 1. The Morgan fingerprint density at radius 1 is 1.22 bits per heavy atom. The summed E-state index contributed by atoms with van der Waals surface area (Å²) in [7, 11) is 0. The minimum atomic E-state index is -0.605. The van der Waals surface area contributed by atoms with E-state index >= 15 is 0 Å². The highest BCUT2D eigenvalue weighted by Crippen LogP contribution is 2.25. The lowest BCUT2D eigenvalue weighted by atomic mass is 10.3. The summed E-state index contributed by atoms with van der Waals surface area (Å²) in [6.07, 6.45) is 2.08. The van der Waals surface area contributed by atoms with Gasteiger partial charge in [0.25, 0.3) is 0 Å². The molecule has 0 amide bonds. The topological polar surface area (TPSA) is 82.1 Å². The predicted octanol–water partition coefficient (Wildman–Crippen LogP) is 2.11. The lowest BCUT2D eigenvalue weighted by molar-refractivity contribution is -0.605. The molecule has 0 saturated heterocycles. The van der Waals surface area contributed by atoms with Gasteiger partial charge in [0, 0.05) is 5.69 Å². The van der Waals surface area contributed by atoms with E-state index in [2.05, 4.69) is 5.32 Å². The van der Waals surface area contributed by atoms with E-state index < -0.39 is 10.7 Å². The maximum absolute atomic E-state index is 12.7. The zero-order chi connectivity index (χ0) is 13.1. The molecule has 0 aliphatic carbocycles. The second-order valence-corrected chi connectivity index (χ2v) is 3.49. The summed E-state index contributed by atoms with van der Waals surface area (Å²) in [6.45, 7) is 0. The Balaban J connectivity index is 2.35. The van der Waals surface area contributed by atoms with Crippen LogP contribution in [0, 0.1) is 21.1 Å². The minimum absolute atomic E-state index is 0.0455. The van der Waals surface area contributed by atoms with E-state index in [-0.39, 0.29) is 11.4 Å². The van der Waals surface area contributed by atoms with Crippen LogP contribution < -0.4 is 10.0 Å². The van der Waals surface area contributed by atoms with Crippen LogP contribution in [-0.2, 0) is 0 Å². The average molecular weight is 249 g/mol. The fraction of sp³-hybridized carbons (Fsp3) is 0. The van der Waals surface area contributed by atoms with E-state index in [0.717, 1.165) is 18.5 Å². The van der Waals surface area contributed by atoms with Crippen molar-refractivity contribution < 1.29 is 14.0 Å². The third kappa shape index (κ3) is 2.51. The first-order chi connectivity index (χ1) is 8.56. The molecule has 92 valence electrons.